The fraction of sp³-hybridized carbons (Fsp3) is 0.296. The SMILES string of the molecule is CNC(=O)N1CCCC[C@@H]1CNc1nc(-c2ccccc2)nc2[nH]c(COc3cccc(Cl)c3)cc12. The third kappa shape index (κ3) is 5.39. The molecule has 5 rings (SSSR count). The fourth-order valence-electron chi connectivity index (χ4n) is 4.55. The maximum absolute atomic E-state index is 12.4. The summed E-state index contributed by atoms with van der Waals surface area (Å²) in [6.07, 6.45) is 3.07. The average molecular weight is 505 g/mol. The van der Waals surface area contributed by atoms with E-state index in [9.17, 15) is 4.79 Å². The highest BCUT2D eigenvalue weighted by atomic mass is 35.5. The molecule has 8 nitrogen and oxygen atoms in total. The van der Waals surface area contributed by atoms with Crippen molar-refractivity contribution in [2.75, 3.05) is 25.5 Å². The molecule has 186 valence electrons. The Morgan fingerprint density at radius 1 is 1.14 bits per heavy atom. The van der Waals surface area contributed by atoms with Crippen LogP contribution >= 0.6 is 11.6 Å². The lowest BCUT2D eigenvalue weighted by Crippen LogP contribution is -2.50. The lowest BCUT2D eigenvalue weighted by Gasteiger charge is -2.35. The number of fused-ring (bicyclic) bond motifs is 1. The van der Waals surface area contributed by atoms with Crippen LogP contribution in [0.5, 0.6) is 5.75 Å². The summed E-state index contributed by atoms with van der Waals surface area (Å²) in [7, 11) is 1.67. The van der Waals surface area contributed by atoms with E-state index in [1.54, 1.807) is 13.1 Å². The number of nitrogens with zero attached hydrogens (tertiary/aromatic N) is 3. The number of amides is 2. The van der Waals surface area contributed by atoms with E-state index in [1.165, 1.54) is 0 Å². The smallest absolute Gasteiger partial charge is 0.317 e. The number of carbonyl (C=O) groups is 1. The van der Waals surface area contributed by atoms with Gasteiger partial charge in [-0.15, -0.1) is 0 Å². The number of aromatic nitrogens is 3. The van der Waals surface area contributed by atoms with Gasteiger partial charge in [0.05, 0.1) is 17.1 Å². The van der Waals surface area contributed by atoms with Gasteiger partial charge in [-0.1, -0.05) is 48.0 Å². The molecule has 3 heterocycles. The Labute approximate surface area is 215 Å². The van der Waals surface area contributed by atoms with Gasteiger partial charge >= 0.3 is 6.03 Å². The molecule has 0 unspecified atom stereocenters. The Morgan fingerprint density at radius 3 is 2.81 bits per heavy atom. The van der Waals surface area contributed by atoms with Crippen LogP contribution in [-0.4, -0.2) is 52.1 Å². The van der Waals surface area contributed by atoms with E-state index in [0.717, 1.165) is 53.9 Å². The highest BCUT2D eigenvalue weighted by molar-refractivity contribution is 6.30. The molecule has 0 bridgehead atoms. The number of benzene rings is 2. The number of halogens is 1. The molecule has 2 amide bonds. The van der Waals surface area contributed by atoms with Crippen LogP contribution in [0.2, 0.25) is 5.02 Å². The number of carbonyl (C=O) groups excluding carboxylic acids is 1. The van der Waals surface area contributed by atoms with Crippen LogP contribution in [0, 0.1) is 0 Å². The third-order valence-electron chi connectivity index (χ3n) is 6.37. The van der Waals surface area contributed by atoms with Gasteiger partial charge in [0.15, 0.2) is 5.82 Å². The molecule has 1 saturated heterocycles. The van der Waals surface area contributed by atoms with Gasteiger partial charge in [-0.05, 0) is 43.5 Å². The number of hydrogen-bond donors (Lipinski definition) is 3. The first-order chi connectivity index (χ1) is 17.6. The lowest BCUT2D eigenvalue weighted by molar-refractivity contribution is 0.157. The van der Waals surface area contributed by atoms with Crippen LogP contribution in [0.25, 0.3) is 22.4 Å². The molecule has 3 N–H and O–H groups in total. The van der Waals surface area contributed by atoms with Gasteiger partial charge in [-0.25, -0.2) is 14.8 Å². The first-order valence-electron chi connectivity index (χ1n) is 12.2. The zero-order chi connectivity index (χ0) is 24.9. The van der Waals surface area contributed by atoms with E-state index in [2.05, 4.69) is 15.6 Å². The number of nitrogens with one attached hydrogen (secondary N) is 3. The minimum atomic E-state index is -0.0404. The van der Waals surface area contributed by atoms with Gasteiger partial charge < -0.3 is 25.3 Å². The summed E-state index contributed by atoms with van der Waals surface area (Å²) in [6, 6.07) is 19.3. The third-order valence-corrected chi connectivity index (χ3v) is 6.61. The standard InChI is InChI=1S/C27H29ClN6O2/c1-29-27(35)34-13-6-5-11-21(34)16-30-25-23-15-20(17-36-22-12-7-10-19(28)14-22)31-26(23)33-24(32-25)18-8-3-2-4-9-18/h2-4,7-10,12,14-15,21H,5-6,11,13,16-17H2,1H3,(H,29,35)(H2,30,31,32,33)/t21-/m1/s1. The zero-order valence-electron chi connectivity index (χ0n) is 20.1. The number of ether oxygens (including phenoxy) is 1. The molecule has 0 aliphatic carbocycles. The quantitative estimate of drug-likeness (QED) is 0.310. The molecule has 1 aliphatic heterocycles. The molecule has 0 saturated carbocycles. The minimum absolute atomic E-state index is 0.0404. The summed E-state index contributed by atoms with van der Waals surface area (Å²) in [4.78, 5) is 27.3. The monoisotopic (exact) mass is 504 g/mol. The van der Waals surface area contributed by atoms with Crippen LogP contribution in [0.3, 0.4) is 0 Å². The van der Waals surface area contributed by atoms with Crippen molar-refractivity contribution in [3.05, 3.63) is 71.4 Å². The Hall–Kier alpha value is -3.78. The van der Waals surface area contributed by atoms with Crippen molar-refractivity contribution in [2.45, 2.75) is 31.9 Å². The number of piperidine rings is 1. The van der Waals surface area contributed by atoms with E-state index in [1.807, 2.05) is 59.5 Å². The Morgan fingerprint density at radius 2 is 2.00 bits per heavy atom. The number of urea groups is 1. The van der Waals surface area contributed by atoms with Gasteiger partial charge in [-0.3, -0.25) is 0 Å². The largest absolute Gasteiger partial charge is 0.487 e. The van der Waals surface area contributed by atoms with Crippen molar-refractivity contribution in [3.63, 3.8) is 0 Å². The topological polar surface area (TPSA) is 95.2 Å². The van der Waals surface area contributed by atoms with E-state index < -0.39 is 0 Å². The predicted octanol–water partition coefficient (Wildman–Crippen LogP) is 5.46. The van der Waals surface area contributed by atoms with Gasteiger partial charge in [-0.2, -0.15) is 0 Å². The number of likely N-dealkylation sites (tertiary alicyclic amines) is 1. The van der Waals surface area contributed by atoms with Crippen LogP contribution in [0.1, 0.15) is 25.0 Å². The minimum Gasteiger partial charge on any atom is -0.487 e. The number of H-pyrrole nitrogens is 1. The van der Waals surface area contributed by atoms with Crippen molar-refractivity contribution in [1.82, 2.24) is 25.2 Å². The molecule has 2 aromatic carbocycles. The van der Waals surface area contributed by atoms with E-state index in [0.29, 0.717) is 29.7 Å². The molecule has 9 heteroatoms. The summed E-state index contributed by atoms with van der Waals surface area (Å²) >= 11 is 6.08. The Balaban J connectivity index is 1.43. The summed E-state index contributed by atoms with van der Waals surface area (Å²) < 4.78 is 5.93. The molecule has 4 aromatic rings. The number of aromatic amines is 1. The second-order valence-corrected chi connectivity index (χ2v) is 9.28. The van der Waals surface area contributed by atoms with Crippen LogP contribution in [0.4, 0.5) is 10.6 Å². The van der Waals surface area contributed by atoms with Crippen molar-refractivity contribution < 1.29 is 9.53 Å². The normalized spacial score (nSPS) is 15.6. The summed E-state index contributed by atoms with van der Waals surface area (Å²) in [5.74, 6) is 2.05. The number of rotatable bonds is 7. The molecule has 1 fully saturated rings. The van der Waals surface area contributed by atoms with Crippen molar-refractivity contribution in [1.29, 1.82) is 0 Å². The lowest BCUT2D eigenvalue weighted by atomic mass is 10.0. The molecule has 0 spiro atoms. The maximum atomic E-state index is 12.4. The fourth-order valence-corrected chi connectivity index (χ4v) is 4.73. The van der Waals surface area contributed by atoms with Crippen molar-refractivity contribution >= 4 is 34.5 Å². The first kappa shape index (κ1) is 23.9. The highest BCUT2D eigenvalue weighted by Gasteiger charge is 2.26. The van der Waals surface area contributed by atoms with Crippen LogP contribution in [-0.2, 0) is 6.61 Å². The van der Waals surface area contributed by atoms with Gasteiger partial charge in [0.2, 0.25) is 0 Å². The van der Waals surface area contributed by atoms with Gasteiger partial charge in [0.25, 0.3) is 0 Å². The summed E-state index contributed by atoms with van der Waals surface area (Å²) in [5, 5.41) is 7.79. The molecular formula is C27H29ClN6O2. The average Bonchev–Trinajstić information content (AvgIpc) is 3.34. The van der Waals surface area contributed by atoms with E-state index >= 15 is 0 Å². The molecule has 1 aliphatic rings. The van der Waals surface area contributed by atoms with Crippen LogP contribution < -0.4 is 15.4 Å². The van der Waals surface area contributed by atoms with Crippen LogP contribution in [0.15, 0.2) is 60.7 Å². The Kier molecular flexibility index (Phi) is 7.23. The van der Waals surface area contributed by atoms with Crippen molar-refractivity contribution in [3.8, 4) is 17.1 Å². The number of anilines is 1. The molecule has 36 heavy (non-hydrogen) atoms. The second-order valence-electron chi connectivity index (χ2n) is 8.84. The number of hydrogen-bond acceptors (Lipinski definition) is 5. The van der Waals surface area contributed by atoms with Gasteiger partial charge in [0, 0.05) is 30.7 Å². The molecule has 0 radical (unpaired) electrons. The van der Waals surface area contributed by atoms with E-state index in [4.69, 9.17) is 26.3 Å². The first-order valence-corrected chi connectivity index (χ1v) is 12.5. The summed E-state index contributed by atoms with van der Waals surface area (Å²) in [6.45, 7) is 1.70. The molecular weight excluding hydrogens is 476 g/mol. The predicted molar refractivity (Wildman–Crippen MR) is 142 cm³/mol. The molecule has 2 aromatic heterocycles. The highest BCUT2D eigenvalue weighted by Crippen LogP contribution is 2.27. The second kappa shape index (κ2) is 10.9. The van der Waals surface area contributed by atoms with E-state index in [-0.39, 0.29) is 12.1 Å². The maximum Gasteiger partial charge on any atom is 0.317 e. The Bertz CT molecular complexity index is 1340. The summed E-state index contributed by atoms with van der Waals surface area (Å²) in [5.41, 5.74) is 2.53. The zero-order valence-corrected chi connectivity index (χ0v) is 20.9. The van der Waals surface area contributed by atoms with Gasteiger partial charge in [0.1, 0.15) is 23.8 Å². The molecule has 1 atom stereocenters. The van der Waals surface area contributed by atoms with Crippen molar-refractivity contribution in [2.24, 2.45) is 0 Å².